The molecule has 5 aromatic rings. The third kappa shape index (κ3) is 4.32. The maximum atomic E-state index is 13.8. The second-order valence-corrected chi connectivity index (χ2v) is 10.1. The molecular weight excluding hydrogens is 554 g/mol. The maximum absolute atomic E-state index is 13.8. The van der Waals surface area contributed by atoms with Crippen LogP contribution in [-0.2, 0) is 6.61 Å². The van der Waals surface area contributed by atoms with Crippen LogP contribution in [0.3, 0.4) is 0 Å². The number of benzene rings is 4. The number of carbonyl (C=O) groups is 1. The third-order valence-corrected chi connectivity index (χ3v) is 7.07. The van der Waals surface area contributed by atoms with Crippen LogP contribution >= 0.6 is 27.5 Å². The summed E-state index contributed by atoms with van der Waals surface area (Å²) in [6.07, 6.45) is 0. The number of carbonyl (C=O) groups excluding carboxylic acids is 1. The number of halogens is 2. The lowest BCUT2D eigenvalue weighted by molar-refractivity contribution is 0.0971. The summed E-state index contributed by atoms with van der Waals surface area (Å²) in [5.41, 5.74) is 2.70. The Morgan fingerprint density at radius 3 is 2.51 bits per heavy atom. The first-order chi connectivity index (χ1) is 18.0. The van der Waals surface area contributed by atoms with Gasteiger partial charge in [-0.1, -0.05) is 76.1 Å². The SMILES string of the molecule is O=C1c2oc3ccc(Cl)cc3c(=O)c2C(c2cccc(OCc3ccccc3)c2)N1c1cccc(Br)c1. The fraction of sp³-hybridized carbons (Fsp3) is 0.0667. The number of anilines is 1. The lowest BCUT2D eigenvalue weighted by Gasteiger charge is -2.25. The molecule has 6 rings (SSSR count). The van der Waals surface area contributed by atoms with E-state index in [0.717, 1.165) is 15.6 Å². The minimum atomic E-state index is -0.711. The van der Waals surface area contributed by atoms with Crippen molar-refractivity contribution < 1.29 is 13.9 Å². The van der Waals surface area contributed by atoms with Gasteiger partial charge in [0.15, 0.2) is 5.43 Å². The van der Waals surface area contributed by atoms with Crippen LogP contribution in [0.1, 0.15) is 33.3 Å². The van der Waals surface area contributed by atoms with Gasteiger partial charge in [0.2, 0.25) is 5.76 Å². The Bertz CT molecular complexity index is 1720. The van der Waals surface area contributed by atoms with Gasteiger partial charge in [-0.05, 0) is 59.7 Å². The third-order valence-electron chi connectivity index (χ3n) is 6.34. The Balaban J connectivity index is 1.50. The highest BCUT2D eigenvalue weighted by atomic mass is 79.9. The fourth-order valence-corrected chi connectivity index (χ4v) is 5.23. The van der Waals surface area contributed by atoms with Crippen molar-refractivity contribution in [1.29, 1.82) is 0 Å². The van der Waals surface area contributed by atoms with Crippen LogP contribution < -0.4 is 15.1 Å². The van der Waals surface area contributed by atoms with Gasteiger partial charge in [-0.3, -0.25) is 14.5 Å². The first-order valence-corrected chi connectivity index (χ1v) is 12.8. The molecule has 1 aliphatic heterocycles. The first-order valence-electron chi connectivity index (χ1n) is 11.6. The minimum Gasteiger partial charge on any atom is -0.489 e. The number of amides is 1. The smallest absolute Gasteiger partial charge is 0.295 e. The van der Waals surface area contributed by atoms with Crippen LogP contribution in [0.2, 0.25) is 5.02 Å². The molecule has 0 saturated heterocycles. The van der Waals surface area contributed by atoms with Crippen LogP contribution in [-0.4, -0.2) is 5.91 Å². The number of fused-ring (bicyclic) bond motifs is 2. The molecule has 1 aliphatic rings. The predicted molar refractivity (Wildman–Crippen MR) is 148 cm³/mol. The maximum Gasteiger partial charge on any atom is 0.295 e. The van der Waals surface area contributed by atoms with Crippen molar-refractivity contribution in [1.82, 2.24) is 0 Å². The molecule has 1 atom stereocenters. The van der Waals surface area contributed by atoms with Crippen LogP contribution in [0, 0.1) is 0 Å². The summed E-state index contributed by atoms with van der Waals surface area (Å²) >= 11 is 9.69. The molecule has 7 heteroatoms. The molecular formula is C30H19BrClNO4. The summed E-state index contributed by atoms with van der Waals surface area (Å²) in [6.45, 7) is 0.394. The van der Waals surface area contributed by atoms with E-state index in [1.807, 2.05) is 78.9 Å². The number of nitrogens with zero attached hydrogens (tertiary/aromatic N) is 1. The van der Waals surface area contributed by atoms with Gasteiger partial charge in [-0.2, -0.15) is 0 Å². The molecule has 0 saturated carbocycles. The molecule has 182 valence electrons. The van der Waals surface area contributed by atoms with Crippen molar-refractivity contribution >= 4 is 50.1 Å². The van der Waals surface area contributed by atoms with Gasteiger partial charge in [0, 0.05) is 15.2 Å². The number of hydrogen-bond acceptors (Lipinski definition) is 4. The van der Waals surface area contributed by atoms with Gasteiger partial charge in [-0.15, -0.1) is 0 Å². The monoisotopic (exact) mass is 571 g/mol. The van der Waals surface area contributed by atoms with Crippen LogP contribution in [0.5, 0.6) is 5.75 Å². The highest BCUT2D eigenvalue weighted by Crippen LogP contribution is 2.42. The zero-order valence-electron chi connectivity index (χ0n) is 19.4. The molecule has 37 heavy (non-hydrogen) atoms. The summed E-state index contributed by atoms with van der Waals surface area (Å²) < 4.78 is 12.9. The molecule has 0 N–H and O–H groups in total. The summed E-state index contributed by atoms with van der Waals surface area (Å²) in [4.78, 5) is 29.2. The topological polar surface area (TPSA) is 59.8 Å². The Kier molecular flexibility index (Phi) is 6.07. The van der Waals surface area contributed by atoms with E-state index in [1.54, 1.807) is 23.1 Å². The van der Waals surface area contributed by atoms with E-state index >= 15 is 0 Å². The van der Waals surface area contributed by atoms with Crippen molar-refractivity contribution in [2.75, 3.05) is 4.90 Å². The van der Waals surface area contributed by atoms with Crippen molar-refractivity contribution in [2.24, 2.45) is 0 Å². The summed E-state index contributed by atoms with van der Waals surface area (Å²) in [7, 11) is 0. The fourth-order valence-electron chi connectivity index (χ4n) is 4.67. The summed E-state index contributed by atoms with van der Waals surface area (Å²) in [5, 5.41) is 0.748. The van der Waals surface area contributed by atoms with Gasteiger partial charge in [-0.25, -0.2) is 0 Å². The molecule has 0 spiro atoms. The molecule has 0 fully saturated rings. The molecule has 1 amide bonds. The normalized spacial score (nSPS) is 14.7. The first kappa shape index (κ1) is 23.5. The standard InChI is InChI=1S/C30H19BrClNO4/c31-20-9-5-10-22(15-20)33-27(19-8-4-11-23(14-19)36-17-18-6-2-1-3-7-18)26-28(34)24-16-21(32)12-13-25(24)37-29(26)30(33)35/h1-16,27H,17H2. The van der Waals surface area contributed by atoms with Crippen molar-refractivity contribution in [2.45, 2.75) is 12.6 Å². The quantitative estimate of drug-likeness (QED) is 0.218. The predicted octanol–water partition coefficient (Wildman–Crippen LogP) is 7.54. The van der Waals surface area contributed by atoms with Gasteiger partial charge >= 0.3 is 0 Å². The van der Waals surface area contributed by atoms with Gasteiger partial charge in [0.05, 0.1) is 17.0 Å². The van der Waals surface area contributed by atoms with Gasteiger partial charge < -0.3 is 9.15 Å². The second-order valence-electron chi connectivity index (χ2n) is 8.72. The molecule has 0 bridgehead atoms. The molecule has 4 aromatic carbocycles. The molecule has 0 aliphatic carbocycles. The highest BCUT2D eigenvalue weighted by molar-refractivity contribution is 9.10. The Hall–Kier alpha value is -3.87. The van der Waals surface area contributed by atoms with Crippen molar-refractivity contribution in [3.05, 3.63) is 139 Å². The van der Waals surface area contributed by atoms with E-state index in [2.05, 4.69) is 15.9 Å². The zero-order valence-corrected chi connectivity index (χ0v) is 21.7. The Morgan fingerprint density at radius 2 is 1.70 bits per heavy atom. The molecule has 1 aromatic heterocycles. The van der Waals surface area contributed by atoms with Crippen LogP contribution in [0.15, 0.2) is 111 Å². The van der Waals surface area contributed by atoms with E-state index in [1.165, 1.54) is 0 Å². The van der Waals surface area contributed by atoms with Crippen molar-refractivity contribution in [3.8, 4) is 5.75 Å². The number of hydrogen-bond donors (Lipinski definition) is 0. The number of rotatable bonds is 5. The van der Waals surface area contributed by atoms with Crippen molar-refractivity contribution in [3.63, 3.8) is 0 Å². The zero-order chi connectivity index (χ0) is 25.5. The summed E-state index contributed by atoms with van der Waals surface area (Å²) in [6, 6.07) is 28.8. The van der Waals surface area contributed by atoms with Crippen LogP contribution in [0.25, 0.3) is 11.0 Å². The van der Waals surface area contributed by atoms with Gasteiger partial charge in [0.25, 0.3) is 5.91 Å². The molecule has 5 nitrogen and oxygen atoms in total. The average molecular weight is 573 g/mol. The summed E-state index contributed by atoms with van der Waals surface area (Å²) in [5.74, 6) is 0.271. The highest BCUT2D eigenvalue weighted by Gasteiger charge is 2.43. The van der Waals surface area contributed by atoms with E-state index in [0.29, 0.717) is 34.0 Å². The van der Waals surface area contributed by atoms with Crippen LogP contribution in [0.4, 0.5) is 5.69 Å². The average Bonchev–Trinajstić information content (AvgIpc) is 3.21. The van der Waals surface area contributed by atoms with E-state index in [9.17, 15) is 9.59 Å². The molecule has 0 radical (unpaired) electrons. The second kappa shape index (κ2) is 9.54. The van der Waals surface area contributed by atoms with E-state index in [-0.39, 0.29) is 22.7 Å². The number of ether oxygens (including phenoxy) is 1. The lowest BCUT2D eigenvalue weighted by atomic mass is 9.98. The molecule has 2 heterocycles. The Morgan fingerprint density at radius 1 is 0.892 bits per heavy atom. The van der Waals surface area contributed by atoms with E-state index < -0.39 is 6.04 Å². The Labute approximate surface area is 226 Å². The largest absolute Gasteiger partial charge is 0.489 e. The minimum absolute atomic E-state index is 0.0282. The molecule has 1 unspecified atom stereocenters. The van der Waals surface area contributed by atoms with E-state index in [4.69, 9.17) is 20.8 Å². The van der Waals surface area contributed by atoms with Gasteiger partial charge in [0.1, 0.15) is 17.9 Å². The lowest BCUT2D eigenvalue weighted by Crippen LogP contribution is -2.29.